The molecule has 9 nitrogen and oxygen atoms in total. The van der Waals surface area contributed by atoms with Crippen molar-refractivity contribution in [3.63, 3.8) is 0 Å². The molecule has 1 saturated heterocycles. The largest absolute Gasteiger partial charge is 0.481 e. The van der Waals surface area contributed by atoms with Gasteiger partial charge in [-0.05, 0) is 86.5 Å². The number of carboxylic acid groups (broad SMARTS) is 1. The van der Waals surface area contributed by atoms with Crippen molar-refractivity contribution in [2.75, 3.05) is 39.6 Å². The Bertz CT molecular complexity index is 1790. The number of nitrogens with one attached hydrogen (secondary N) is 1. The molecule has 2 aromatic carbocycles. The van der Waals surface area contributed by atoms with Gasteiger partial charge in [0.15, 0.2) is 0 Å². The van der Waals surface area contributed by atoms with Gasteiger partial charge >= 0.3 is 5.97 Å². The molecule has 2 aliphatic rings. The van der Waals surface area contributed by atoms with Gasteiger partial charge in [0.05, 0.1) is 23.7 Å². The zero-order valence-corrected chi connectivity index (χ0v) is 29.6. The van der Waals surface area contributed by atoms with Crippen molar-refractivity contribution in [3.05, 3.63) is 88.0 Å². The fourth-order valence-electron chi connectivity index (χ4n) is 6.95. The first-order valence-electron chi connectivity index (χ1n) is 16.9. The summed E-state index contributed by atoms with van der Waals surface area (Å²) in [5.74, 6) is -1.29. The first kappa shape index (κ1) is 35.8. The number of piperidine rings is 1. The van der Waals surface area contributed by atoms with Gasteiger partial charge < -0.3 is 20.1 Å². The van der Waals surface area contributed by atoms with Gasteiger partial charge in [0.2, 0.25) is 5.88 Å². The van der Waals surface area contributed by atoms with Crippen molar-refractivity contribution in [3.8, 4) is 28.3 Å². The number of pyridine rings is 1. The van der Waals surface area contributed by atoms with Crippen molar-refractivity contribution < 1.29 is 24.2 Å². The average molecular weight is 685 g/mol. The third-order valence-electron chi connectivity index (χ3n) is 9.50. The van der Waals surface area contributed by atoms with Gasteiger partial charge in [-0.25, -0.2) is 4.98 Å². The molecule has 0 bridgehead atoms. The molecular weight excluding hydrogens is 640 g/mol. The van der Waals surface area contributed by atoms with Crippen molar-refractivity contribution >= 4 is 35.1 Å². The lowest BCUT2D eigenvalue weighted by molar-refractivity contribution is -0.143. The van der Waals surface area contributed by atoms with Crippen LogP contribution in [0.15, 0.2) is 66.3 Å². The zero-order chi connectivity index (χ0) is 35.2. The molecule has 49 heavy (non-hydrogen) atoms. The smallest absolute Gasteiger partial charge is 0.306 e. The number of hydrogen-bond donors (Lipinski definition) is 2. The molecule has 1 aliphatic heterocycles. The monoisotopic (exact) mass is 684 g/mol. The minimum Gasteiger partial charge on any atom is -0.481 e. The number of halogens is 1. The van der Waals surface area contributed by atoms with Crippen LogP contribution in [0.25, 0.3) is 22.4 Å². The molecule has 1 unspecified atom stereocenters. The Labute approximate surface area is 293 Å². The summed E-state index contributed by atoms with van der Waals surface area (Å²) >= 11 is 7.21. The minimum atomic E-state index is -0.713. The number of ether oxygens (including phenoxy) is 1. The van der Waals surface area contributed by atoms with Crippen LogP contribution in [0.1, 0.15) is 62.3 Å². The van der Waals surface area contributed by atoms with E-state index in [2.05, 4.69) is 16.3 Å². The second kappa shape index (κ2) is 15.8. The molecule has 258 valence electrons. The second-order valence-corrected chi connectivity index (χ2v) is 13.1. The Morgan fingerprint density at radius 1 is 1.06 bits per heavy atom. The van der Waals surface area contributed by atoms with Gasteiger partial charge in [0.1, 0.15) is 5.57 Å². The van der Waals surface area contributed by atoms with Gasteiger partial charge in [-0.1, -0.05) is 67.9 Å². The number of aryl methyl sites for hydroxylation is 1. The van der Waals surface area contributed by atoms with Gasteiger partial charge in [0.25, 0.3) is 11.8 Å². The maximum atomic E-state index is 13.5. The molecule has 10 heteroatoms. The fraction of sp³-hybridized carbons (Fsp3) is 0.385. The van der Waals surface area contributed by atoms with Crippen molar-refractivity contribution in [2.45, 2.75) is 58.4 Å². The van der Waals surface area contributed by atoms with Crippen LogP contribution in [0, 0.1) is 5.92 Å². The van der Waals surface area contributed by atoms with Crippen LogP contribution in [0.4, 0.5) is 5.69 Å². The van der Waals surface area contributed by atoms with Crippen molar-refractivity contribution in [1.82, 2.24) is 14.8 Å². The Kier molecular flexibility index (Phi) is 11.6. The Balaban J connectivity index is 1.47. The number of fused-ring (bicyclic) bond motifs is 1. The number of nitrogens with zero attached hydrogens (tertiary/aromatic N) is 3. The normalized spacial score (nSPS) is 16.9. The van der Waals surface area contributed by atoms with Crippen LogP contribution in [0.2, 0.25) is 5.02 Å². The quantitative estimate of drug-likeness (QED) is 0.0941. The summed E-state index contributed by atoms with van der Waals surface area (Å²) in [6.45, 7) is 5.47. The summed E-state index contributed by atoms with van der Waals surface area (Å²) in [6.07, 6.45) is 9.64. The Morgan fingerprint density at radius 3 is 2.41 bits per heavy atom. The molecule has 1 atom stereocenters. The number of methoxy groups -OCH3 is 1. The van der Waals surface area contributed by atoms with E-state index in [0.717, 1.165) is 65.7 Å². The van der Waals surface area contributed by atoms with E-state index in [1.165, 1.54) is 4.90 Å². The maximum Gasteiger partial charge on any atom is 0.306 e. The van der Waals surface area contributed by atoms with Crippen molar-refractivity contribution in [2.24, 2.45) is 5.92 Å². The topological polar surface area (TPSA) is 112 Å². The number of aliphatic carboxylic acids is 1. The highest BCUT2D eigenvalue weighted by Gasteiger charge is 2.36. The van der Waals surface area contributed by atoms with E-state index in [9.17, 15) is 19.5 Å². The predicted molar refractivity (Wildman–Crippen MR) is 194 cm³/mol. The fourth-order valence-corrected chi connectivity index (χ4v) is 7.27. The number of aromatic nitrogens is 1. The lowest BCUT2D eigenvalue weighted by Gasteiger charge is -2.35. The highest BCUT2D eigenvalue weighted by Crippen LogP contribution is 2.45. The van der Waals surface area contributed by atoms with E-state index >= 15 is 0 Å². The second-order valence-electron chi connectivity index (χ2n) is 12.7. The number of rotatable bonds is 11. The summed E-state index contributed by atoms with van der Waals surface area (Å²) in [5, 5.41) is 13.0. The molecule has 2 amide bonds. The molecule has 5 rings (SSSR count). The minimum absolute atomic E-state index is 0.0470. The number of likely N-dealkylation sites (N-methyl/N-ethyl adjacent to an activating group) is 1. The molecule has 0 radical (unpaired) electrons. The van der Waals surface area contributed by atoms with E-state index in [-0.39, 0.29) is 23.4 Å². The third kappa shape index (κ3) is 7.58. The predicted octanol–water partition coefficient (Wildman–Crippen LogP) is 7.34. The molecule has 3 aromatic rings. The van der Waals surface area contributed by atoms with E-state index in [1.54, 1.807) is 33.4 Å². The molecule has 1 aromatic heterocycles. The van der Waals surface area contributed by atoms with E-state index in [1.807, 2.05) is 56.3 Å². The average Bonchev–Trinajstić information content (AvgIpc) is 3.53. The number of carboxylic acids is 1. The van der Waals surface area contributed by atoms with Gasteiger partial charge in [0, 0.05) is 42.5 Å². The number of anilines is 1. The van der Waals surface area contributed by atoms with Crippen LogP contribution >= 0.6 is 11.6 Å². The lowest BCUT2D eigenvalue weighted by atomic mass is 9.93. The highest BCUT2D eigenvalue weighted by atomic mass is 35.5. The molecule has 0 saturated carbocycles. The maximum absolute atomic E-state index is 13.5. The van der Waals surface area contributed by atoms with E-state index < -0.39 is 11.9 Å². The SMILES string of the molecule is CC/C=C/C=C(/C(=O)Nc1cccc(-c2cccc(-c3cc4c(c(OC)n3)C(N3CCC(C(=O)O)CC3)CC4)c2Cl)c1CC)C(=O)N(C)C. The lowest BCUT2D eigenvalue weighted by Crippen LogP contribution is -2.38. The summed E-state index contributed by atoms with van der Waals surface area (Å²) in [6, 6.07) is 13.8. The van der Waals surface area contributed by atoms with Gasteiger partial charge in [-0.15, -0.1) is 0 Å². The number of carbonyl (C=O) groups excluding carboxylic acids is 2. The Hall–Kier alpha value is -4.47. The molecular formula is C39H45ClN4O5. The van der Waals surface area contributed by atoms with Gasteiger partial charge in [-0.2, -0.15) is 0 Å². The Morgan fingerprint density at radius 2 is 1.76 bits per heavy atom. The molecule has 1 aliphatic carbocycles. The number of likely N-dealkylation sites (tertiary alicyclic amines) is 1. The van der Waals surface area contributed by atoms with Crippen LogP contribution < -0.4 is 10.1 Å². The molecule has 0 spiro atoms. The van der Waals surface area contributed by atoms with E-state index in [4.69, 9.17) is 21.3 Å². The summed E-state index contributed by atoms with van der Waals surface area (Å²) < 4.78 is 5.87. The first-order valence-corrected chi connectivity index (χ1v) is 17.3. The van der Waals surface area contributed by atoms with Crippen molar-refractivity contribution in [1.29, 1.82) is 0 Å². The van der Waals surface area contributed by atoms with Crippen LogP contribution in [0.3, 0.4) is 0 Å². The number of allylic oxidation sites excluding steroid dienone is 3. The number of benzene rings is 2. The molecule has 2 heterocycles. The van der Waals surface area contributed by atoms with Crippen LogP contribution in [0.5, 0.6) is 5.88 Å². The van der Waals surface area contributed by atoms with E-state index in [0.29, 0.717) is 41.5 Å². The standard InChI is InChI=1S/C39H45ClN4O5/c1-6-8-9-12-30(38(46)43(3)4)36(45)41-31-16-11-13-27(26(31)7-2)28-14-10-15-29(35(28)40)32-23-25-17-18-33(34(25)37(42-32)49-5)44-21-19-24(20-22-44)39(47)48/h8-16,23-24,33H,6-7,17-22H2,1-5H3,(H,41,45)(H,47,48)/b9-8+,30-12-. The number of amides is 2. The molecule has 1 fully saturated rings. The first-order chi connectivity index (χ1) is 23.6. The van der Waals surface area contributed by atoms with Crippen LogP contribution in [-0.4, -0.2) is 72.0 Å². The summed E-state index contributed by atoms with van der Waals surface area (Å²) in [4.78, 5) is 46.6. The zero-order valence-electron chi connectivity index (χ0n) is 28.9. The highest BCUT2D eigenvalue weighted by molar-refractivity contribution is 6.36. The number of hydrogen-bond acceptors (Lipinski definition) is 6. The summed E-state index contributed by atoms with van der Waals surface area (Å²) in [5.41, 5.74) is 6.96. The van der Waals surface area contributed by atoms with Crippen LogP contribution in [-0.2, 0) is 27.2 Å². The number of carbonyl (C=O) groups is 3. The summed E-state index contributed by atoms with van der Waals surface area (Å²) in [7, 11) is 4.88. The van der Waals surface area contributed by atoms with Gasteiger partial charge in [-0.3, -0.25) is 19.3 Å². The third-order valence-corrected chi connectivity index (χ3v) is 9.91. The molecule has 2 N–H and O–H groups in total.